The quantitative estimate of drug-likeness (QED) is 0.783. The topological polar surface area (TPSA) is 61.4 Å². The SMILES string of the molecule is Cl.O=C(NCC1CNCC1O)C1(c2cccs2)CCCCC1. The van der Waals surface area contributed by atoms with E-state index in [0.717, 1.165) is 32.2 Å². The Bertz CT molecular complexity index is 475. The Balaban J connectivity index is 0.00000176. The lowest BCUT2D eigenvalue weighted by Gasteiger charge is -2.35. The summed E-state index contributed by atoms with van der Waals surface area (Å²) < 4.78 is 0. The van der Waals surface area contributed by atoms with Gasteiger partial charge in [0.1, 0.15) is 0 Å². The predicted octanol–water partition coefficient (Wildman–Crippen LogP) is 2.07. The summed E-state index contributed by atoms with van der Waals surface area (Å²) in [4.78, 5) is 14.1. The number of thiophene rings is 1. The highest BCUT2D eigenvalue weighted by atomic mass is 35.5. The number of nitrogens with one attached hydrogen (secondary N) is 2. The monoisotopic (exact) mass is 344 g/mol. The number of rotatable bonds is 4. The van der Waals surface area contributed by atoms with Crippen LogP contribution in [0.3, 0.4) is 0 Å². The van der Waals surface area contributed by atoms with Crippen molar-refractivity contribution in [2.75, 3.05) is 19.6 Å². The minimum Gasteiger partial charge on any atom is -0.391 e. The van der Waals surface area contributed by atoms with Gasteiger partial charge in [0.05, 0.1) is 11.5 Å². The van der Waals surface area contributed by atoms with Gasteiger partial charge in [-0.3, -0.25) is 4.79 Å². The van der Waals surface area contributed by atoms with Gasteiger partial charge in [-0.25, -0.2) is 0 Å². The van der Waals surface area contributed by atoms with Gasteiger partial charge in [-0.1, -0.05) is 25.3 Å². The van der Waals surface area contributed by atoms with E-state index in [-0.39, 0.29) is 35.8 Å². The van der Waals surface area contributed by atoms with Crippen molar-refractivity contribution in [3.63, 3.8) is 0 Å². The van der Waals surface area contributed by atoms with Gasteiger partial charge >= 0.3 is 0 Å². The molecule has 1 aliphatic carbocycles. The summed E-state index contributed by atoms with van der Waals surface area (Å²) in [7, 11) is 0. The average Bonchev–Trinajstić information content (AvgIpc) is 3.17. The molecular formula is C16H25ClN2O2S. The van der Waals surface area contributed by atoms with Crippen LogP contribution in [-0.2, 0) is 10.2 Å². The second-order valence-corrected chi connectivity index (χ2v) is 7.26. The maximum atomic E-state index is 12.9. The fourth-order valence-electron chi connectivity index (χ4n) is 3.61. The van der Waals surface area contributed by atoms with E-state index in [1.54, 1.807) is 11.3 Å². The van der Waals surface area contributed by atoms with Crippen LogP contribution in [0.25, 0.3) is 0 Å². The molecule has 1 amide bonds. The molecule has 4 nitrogen and oxygen atoms in total. The Labute approximate surface area is 142 Å². The van der Waals surface area contributed by atoms with Gasteiger partial charge in [0.15, 0.2) is 0 Å². The first-order valence-corrected chi connectivity index (χ1v) is 8.81. The van der Waals surface area contributed by atoms with Gasteiger partial charge in [0.2, 0.25) is 5.91 Å². The van der Waals surface area contributed by atoms with Crippen molar-refractivity contribution in [1.29, 1.82) is 0 Å². The van der Waals surface area contributed by atoms with Crippen molar-refractivity contribution < 1.29 is 9.90 Å². The summed E-state index contributed by atoms with van der Waals surface area (Å²) in [6.45, 7) is 1.99. The summed E-state index contributed by atoms with van der Waals surface area (Å²) >= 11 is 1.69. The normalized spacial score (nSPS) is 27.1. The summed E-state index contributed by atoms with van der Waals surface area (Å²) in [6.07, 6.45) is 5.04. The van der Waals surface area contributed by atoms with E-state index in [1.165, 1.54) is 11.3 Å². The second kappa shape index (κ2) is 7.77. The van der Waals surface area contributed by atoms with Gasteiger partial charge in [-0.05, 0) is 24.3 Å². The van der Waals surface area contributed by atoms with E-state index in [1.807, 2.05) is 6.07 Å². The molecule has 1 aliphatic heterocycles. The van der Waals surface area contributed by atoms with Gasteiger partial charge in [-0.15, -0.1) is 23.7 Å². The van der Waals surface area contributed by atoms with Crippen molar-refractivity contribution in [2.45, 2.75) is 43.6 Å². The van der Waals surface area contributed by atoms with Gasteiger partial charge in [0.25, 0.3) is 0 Å². The summed E-state index contributed by atoms with van der Waals surface area (Å²) in [5.74, 6) is 0.293. The molecule has 0 bridgehead atoms. The molecule has 3 N–H and O–H groups in total. The Morgan fingerprint density at radius 1 is 1.36 bits per heavy atom. The Morgan fingerprint density at radius 3 is 2.73 bits per heavy atom. The van der Waals surface area contributed by atoms with Crippen LogP contribution in [0.4, 0.5) is 0 Å². The zero-order valence-electron chi connectivity index (χ0n) is 12.7. The van der Waals surface area contributed by atoms with E-state index in [4.69, 9.17) is 0 Å². The summed E-state index contributed by atoms with van der Waals surface area (Å²) in [6, 6.07) is 4.13. The summed E-state index contributed by atoms with van der Waals surface area (Å²) in [5, 5.41) is 18.2. The maximum Gasteiger partial charge on any atom is 0.231 e. The number of carbonyl (C=O) groups excluding carboxylic acids is 1. The average molecular weight is 345 g/mol. The molecule has 2 heterocycles. The number of hydrogen-bond acceptors (Lipinski definition) is 4. The molecule has 0 radical (unpaired) electrons. The van der Waals surface area contributed by atoms with Crippen LogP contribution in [-0.4, -0.2) is 36.8 Å². The Kier molecular flexibility index (Phi) is 6.26. The maximum absolute atomic E-state index is 12.9. The third-order valence-electron chi connectivity index (χ3n) is 4.96. The first-order chi connectivity index (χ1) is 10.2. The highest BCUT2D eigenvalue weighted by Crippen LogP contribution is 2.41. The van der Waals surface area contributed by atoms with E-state index >= 15 is 0 Å². The smallest absolute Gasteiger partial charge is 0.231 e. The number of carbonyl (C=O) groups is 1. The minimum absolute atomic E-state index is 0. The fraction of sp³-hybridized carbons (Fsp3) is 0.688. The van der Waals surface area contributed by atoms with Crippen LogP contribution in [0, 0.1) is 5.92 Å². The van der Waals surface area contributed by atoms with E-state index in [2.05, 4.69) is 22.1 Å². The van der Waals surface area contributed by atoms with Crippen LogP contribution < -0.4 is 10.6 Å². The van der Waals surface area contributed by atoms with E-state index in [9.17, 15) is 9.90 Å². The third kappa shape index (κ3) is 3.48. The number of aliphatic hydroxyl groups is 1. The highest BCUT2D eigenvalue weighted by molar-refractivity contribution is 7.10. The minimum atomic E-state index is -0.339. The molecular weight excluding hydrogens is 320 g/mol. The lowest BCUT2D eigenvalue weighted by Crippen LogP contribution is -2.47. The lowest BCUT2D eigenvalue weighted by molar-refractivity contribution is -0.128. The van der Waals surface area contributed by atoms with E-state index in [0.29, 0.717) is 13.1 Å². The number of aliphatic hydroxyl groups excluding tert-OH is 1. The van der Waals surface area contributed by atoms with Crippen molar-refractivity contribution >= 4 is 29.7 Å². The van der Waals surface area contributed by atoms with Crippen molar-refractivity contribution in [3.05, 3.63) is 22.4 Å². The number of hydrogen-bond donors (Lipinski definition) is 3. The fourth-order valence-corrected chi connectivity index (χ4v) is 4.60. The molecule has 0 spiro atoms. The van der Waals surface area contributed by atoms with E-state index < -0.39 is 0 Å². The molecule has 2 atom stereocenters. The van der Waals surface area contributed by atoms with Crippen LogP contribution >= 0.6 is 23.7 Å². The van der Waals surface area contributed by atoms with Crippen LogP contribution in [0.2, 0.25) is 0 Å². The number of β-amino-alcohol motifs (C(OH)–C–C–N with tert-alkyl or cyclic N) is 1. The predicted molar refractivity (Wildman–Crippen MR) is 91.7 cm³/mol. The van der Waals surface area contributed by atoms with Gasteiger partial charge in [0, 0.05) is 30.4 Å². The zero-order valence-corrected chi connectivity index (χ0v) is 14.3. The largest absolute Gasteiger partial charge is 0.391 e. The molecule has 1 saturated carbocycles. The van der Waals surface area contributed by atoms with Crippen molar-refractivity contribution in [2.24, 2.45) is 5.92 Å². The highest BCUT2D eigenvalue weighted by Gasteiger charge is 2.42. The van der Waals surface area contributed by atoms with Crippen LogP contribution in [0.15, 0.2) is 17.5 Å². The molecule has 2 aliphatic rings. The second-order valence-electron chi connectivity index (χ2n) is 6.32. The van der Waals surface area contributed by atoms with Crippen LogP contribution in [0.5, 0.6) is 0 Å². The standard InChI is InChI=1S/C16H24N2O2S.ClH/c19-13-11-17-9-12(13)10-18-15(20)16(6-2-1-3-7-16)14-5-4-8-21-14;/h4-5,8,12-13,17,19H,1-3,6-7,9-11H2,(H,18,20);1H. The van der Waals surface area contributed by atoms with Crippen LogP contribution in [0.1, 0.15) is 37.0 Å². The molecule has 22 heavy (non-hydrogen) atoms. The molecule has 2 fully saturated rings. The molecule has 3 rings (SSSR count). The van der Waals surface area contributed by atoms with Crippen molar-refractivity contribution in [3.8, 4) is 0 Å². The molecule has 1 aromatic heterocycles. The van der Waals surface area contributed by atoms with Gasteiger partial charge < -0.3 is 15.7 Å². The van der Waals surface area contributed by atoms with Gasteiger partial charge in [-0.2, -0.15) is 0 Å². The zero-order chi connectivity index (χ0) is 14.7. The molecule has 124 valence electrons. The molecule has 2 unspecified atom stereocenters. The first kappa shape index (κ1) is 17.7. The Hall–Kier alpha value is -0.620. The molecule has 0 aromatic carbocycles. The number of amides is 1. The number of halogens is 1. The first-order valence-electron chi connectivity index (χ1n) is 7.93. The lowest BCUT2D eigenvalue weighted by atomic mass is 9.72. The third-order valence-corrected chi connectivity index (χ3v) is 6.04. The molecule has 1 saturated heterocycles. The summed E-state index contributed by atoms with van der Waals surface area (Å²) in [5.41, 5.74) is -0.330. The van der Waals surface area contributed by atoms with Crippen molar-refractivity contribution in [1.82, 2.24) is 10.6 Å². The Morgan fingerprint density at radius 2 is 2.14 bits per heavy atom. The molecule has 6 heteroatoms. The molecule has 1 aromatic rings.